The van der Waals surface area contributed by atoms with Gasteiger partial charge in [0.15, 0.2) is 22.5 Å². The second-order valence-corrected chi connectivity index (χ2v) is 8.33. The quantitative estimate of drug-likeness (QED) is 0.291. The van der Waals surface area contributed by atoms with E-state index in [1.54, 1.807) is 33.5 Å². The number of rotatable bonds is 13. The Kier molecular flexibility index (Phi) is 9.72. The van der Waals surface area contributed by atoms with Gasteiger partial charge in [0.1, 0.15) is 5.82 Å². The summed E-state index contributed by atoms with van der Waals surface area (Å²) in [5, 5.41) is 12.2. The van der Waals surface area contributed by atoms with E-state index in [1.807, 2.05) is 22.8 Å². The molecule has 0 spiro atoms. The van der Waals surface area contributed by atoms with Crippen molar-refractivity contribution in [2.75, 3.05) is 40.2 Å². The van der Waals surface area contributed by atoms with E-state index >= 15 is 0 Å². The molecule has 182 valence electrons. The van der Waals surface area contributed by atoms with E-state index < -0.39 is 0 Å². The molecule has 0 saturated carbocycles. The number of ether oxygens (including phenoxy) is 3. The summed E-state index contributed by atoms with van der Waals surface area (Å²) >= 11 is 1.33. The van der Waals surface area contributed by atoms with E-state index in [-0.39, 0.29) is 17.5 Å². The van der Waals surface area contributed by atoms with E-state index in [2.05, 4.69) is 15.5 Å². The normalized spacial score (nSPS) is 10.8. The van der Waals surface area contributed by atoms with Gasteiger partial charge < -0.3 is 24.1 Å². The highest BCUT2D eigenvalue weighted by atomic mass is 32.2. The molecule has 0 saturated heterocycles. The number of amides is 1. The van der Waals surface area contributed by atoms with Crippen molar-refractivity contribution in [2.24, 2.45) is 0 Å². The molecule has 3 rings (SSSR count). The maximum Gasteiger partial charge on any atom is 0.230 e. The molecule has 0 aliphatic rings. The smallest absolute Gasteiger partial charge is 0.230 e. The lowest BCUT2D eigenvalue weighted by Gasteiger charge is -2.12. The molecule has 8 nitrogen and oxygen atoms in total. The van der Waals surface area contributed by atoms with E-state index in [0.29, 0.717) is 48.6 Å². The first-order valence-electron chi connectivity index (χ1n) is 10.8. The molecule has 1 heterocycles. The first kappa shape index (κ1) is 25.5. The topological polar surface area (TPSA) is 87.5 Å². The van der Waals surface area contributed by atoms with Gasteiger partial charge in [0.2, 0.25) is 5.91 Å². The van der Waals surface area contributed by atoms with Crippen molar-refractivity contribution < 1.29 is 23.4 Å². The van der Waals surface area contributed by atoms with Gasteiger partial charge in [0, 0.05) is 32.4 Å². The molecule has 0 unspecified atom stereocenters. The van der Waals surface area contributed by atoms with E-state index in [4.69, 9.17) is 14.2 Å². The lowest BCUT2D eigenvalue weighted by Crippen LogP contribution is -2.27. The first-order chi connectivity index (χ1) is 16.5. The van der Waals surface area contributed by atoms with E-state index in [9.17, 15) is 9.18 Å². The molecule has 0 atom stereocenters. The summed E-state index contributed by atoms with van der Waals surface area (Å²) in [6, 6.07) is 11.8. The molecule has 0 radical (unpaired) electrons. The van der Waals surface area contributed by atoms with Crippen LogP contribution in [0.3, 0.4) is 0 Å². The number of hydrogen-bond donors (Lipinski definition) is 1. The summed E-state index contributed by atoms with van der Waals surface area (Å²) in [5.74, 6) is 1.73. The van der Waals surface area contributed by atoms with Crippen molar-refractivity contribution in [3.05, 3.63) is 53.8 Å². The predicted molar refractivity (Wildman–Crippen MR) is 129 cm³/mol. The SMILES string of the molecule is COCCCn1c(SCC(=O)NCCc2ccc(F)cc2)nnc1-c1ccc(OC)c(OC)c1. The van der Waals surface area contributed by atoms with Crippen LogP contribution < -0.4 is 14.8 Å². The minimum atomic E-state index is -0.272. The minimum absolute atomic E-state index is 0.105. The average Bonchev–Trinajstić information content (AvgIpc) is 3.26. The van der Waals surface area contributed by atoms with Gasteiger partial charge in [-0.15, -0.1) is 10.2 Å². The molecule has 2 aromatic carbocycles. The molecule has 34 heavy (non-hydrogen) atoms. The standard InChI is InChI=1S/C24H29FN4O4S/c1-31-14-4-13-29-23(18-7-10-20(32-2)21(15-18)33-3)27-28-24(29)34-16-22(30)26-12-11-17-5-8-19(25)9-6-17/h5-10,15H,4,11-14,16H2,1-3H3,(H,26,30). The molecule has 3 aromatic rings. The number of nitrogens with zero attached hydrogens (tertiary/aromatic N) is 3. The maximum absolute atomic E-state index is 13.0. The van der Waals surface area contributed by atoms with Crippen molar-refractivity contribution in [3.8, 4) is 22.9 Å². The number of thioether (sulfide) groups is 1. The summed E-state index contributed by atoms with van der Waals surface area (Å²) in [7, 11) is 4.83. The molecular formula is C24H29FN4O4S. The number of methoxy groups -OCH3 is 3. The molecule has 0 aliphatic carbocycles. The minimum Gasteiger partial charge on any atom is -0.493 e. The number of carbonyl (C=O) groups excluding carboxylic acids is 1. The highest BCUT2D eigenvalue weighted by molar-refractivity contribution is 7.99. The van der Waals surface area contributed by atoms with Gasteiger partial charge in [0.05, 0.1) is 20.0 Å². The fraction of sp³-hybridized carbons (Fsp3) is 0.375. The zero-order chi connectivity index (χ0) is 24.3. The highest BCUT2D eigenvalue weighted by Crippen LogP contribution is 2.33. The van der Waals surface area contributed by atoms with Crippen LogP contribution in [0.25, 0.3) is 11.4 Å². The fourth-order valence-electron chi connectivity index (χ4n) is 3.33. The second-order valence-electron chi connectivity index (χ2n) is 7.39. The second kappa shape index (κ2) is 13.0. The van der Waals surface area contributed by atoms with Crippen molar-refractivity contribution in [2.45, 2.75) is 24.5 Å². The maximum atomic E-state index is 13.0. The first-order valence-corrected chi connectivity index (χ1v) is 11.8. The van der Waals surface area contributed by atoms with E-state index in [0.717, 1.165) is 17.5 Å². The van der Waals surface area contributed by atoms with Crippen molar-refractivity contribution >= 4 is 17.7 Å². The zero-order valence-electron chi connectivity index (χ0n) is 19.5. The monoisotopic (exact) mass is 488 g/mol. The predicted octanol–water partition coefficient (Wildman–Crippen LogP) is 3.59. The third kappa shape index (κ3) is 6.94. The van der Waals surface area contributed by atoms with Gasteiger partial charge >= 0.3 is 0 Å². The van der Waals surface area contributed by atoms with E-state index in [1.165, 1.54) is 23.9 Å². The summed E-state index contributed by atoms with van der Waals surface area (Å²) in [6.45, 7) is 1.71. The van der Waals surface area contributed by atoms with Crippen LogP contribution in [0.4, 0.5) is 4.39 Å². The number of halogens is 1. The van der Waals surface area contributed by atoms with Crippen LogP contribution in [0, 0.1) is 5.82 Å². The van der Waals surface area contributed by atoms with Crippen LogP contribution in [0.15, 0.2) is 47.6 Å². The number of carbonyl (C=O) groups is 1. The Morgan fingerprint density at radius 2 is 1.82 bits per heavy atom. The Bertz CT molecular complexity index is 1080. The van der Waals surface area contributed by atoms with Crippen LogP contribution in [-0.2, 0) is 22.5 Å². The van der Waals surface area contributed by atoms with Crippen LogP contribution >= 0.6 is 11.8 Å². The largest absolute Gasteiger partial charge is 0.493 e. The molecule has 1 amide bonds. The molecule has 1 aromatic heterocycles. The summed E-state index contributed by atoms with van der Waals surface area (Å²) in [6.07, 6.45) is 1.40. The van der Waals surface area contributed by atoms with Crippen LogP contribution in [-0.4, -0.2) is 60.9 Å². The number of hydrogen-bond acceptors (Lipinski definition) is 7. The highest BCUT2D eigenvalue weighted by Gasteiger charge is 2.17. The Balaban J connectivity index is 1.65. The van der Waals surface area contributed by atoms with Crippen molar-refractivity contribution in [3.63, 3.8) is 0 Å². The summed E-state index contributed by atoms with van der Waals surface area (Å²) in [4.78, 5) is 12.4. The Morgan fingerprint density at radius 3 is 2.53 bits per heavy atom. The van der Waals surface area contributed by atoms with Gasteiger partial charge in [-0.1, -0.05) is 23.9 Å². The van der Waals surface area contributed by atoms with Crippen LogP contribution in [0.1, 0.15) is 12.0 Å². The van der Waals surface area contributed by atoms with Gasteiger partial charge in [-0.3, -0.25) is 4.79 Å². The Hall–Kier alpha value is -3.11. The molecule has 0 bridgehead atoms. The average molecular weight is 489 g/mol. The molecular weight excluding hydrogens is 459 g/mol. The Morgan fingerprint density at radius 1 is 1.06 bits per heavy atom. The van der Waals surface area contributed by atoms with Gasteiger partial charge in [-0.05, 0) is 48.7 Å². The third-order valence-corrected chi connectivity index (χ3v) is 6.04. The summed E-state index contributed by atoms with van der Waals surface area (Å²) in [5.41, 5.74) is 1.80. The van der Waals surface area contributed by atoms with Gasteiger partial charge in [-0.25, -0.2) is 4.39 Å². The zero-order valence-corrected chi connectivity index (χ0v) is 20.4. The lowest BCUT2D eigenvalue weighted by atomic mass is 10.1. The molecule has 10 heteroatoms. The number of nitrogens with one attached hydrogen (secondary N) is 1. The van der Waals surface area contributed by atoms with Crippen molar-refractivity contribution in [1.29, 1.82) is 0 Å². The number of aromatic nitrogens is 3. The van der Waals surface area contributed by atoms with Crippen molar-refractivity contribution in [1.82, 2.24) is 20.1 Å². The van der Waals surface area contributed by atoms with Crippen LogP contribution in [0.2, 0.25) is 0 Å². The molecule has 1 N–H and O–H groups in total. The third-order valence-electron chi connectivity index (χ3n) is 5.07. The van der Waals surface area contributed by atoms with Gasteiger partial charge in [0.25, 0.3) is 0 Å². The summed E-state index contributed by atoms with van der Waals surface area (Å²) < 4.78 is 30.9. The van der Waals surface area contributed by atoms with Gasteiger partial charge in [-0.2, -0.15) is 0 Å². The lowest BCUT2D eigenvalue weighted by molar-refractivity contribution is -0.118. The number of benzene rings is 2. The molecule has 0 fully saturated rings. The molecule has 0 aliphatic heterocycles. The fourth-order valence-corrected chi connectivity index (χ4v) is 4.13. The van der Waals surface area contributed by atoms with Crippen LogP contribution in [0.5, 0.6) is 11.5 Å². The Labute approximate surface area is 202 Å².